The number of nitro groups is 1. The molecule has 1 saturated heterocycles. The van der Waals surface area contributed by atoms with Gasteiger partial charge >= 0.3 is 0 Å². The Bertz CT molecular complexity index is 524. The number of hydrogen-bond donors (Lipinski definition) is 1. The number of amides is 1. The van der Waals surface area contributed by atoms with Crippen molar-refractivity contribution in [3.63, 3.8) is 0 Å². The molecule has 0 spiro atoms. The number of pyridine rings is 1. The molecule has 0 aromatic carbocycles. The summed E-state index contributed by atoms with van der Waals surface area (Å²) in [5, 5.41) is 13.6. The van der Waals surface area contributed by atoms with Crippen LogP contribution in [0, 0.1) is 16.0 Å². The summed E-state index contributed by atoms with van der Waals surface area (Å²) >= 11 is 0. The van der Waals surface area contributed by atoms with Gasteiger partial charge in [-0.2, -0.15) is 0 Å². The molecule has 1 aromatic heterocycles. The van der Waals surface area contributed by atoms with Gasteiger partial charge in [-0.25, -0.2) is 4.98 Å². The molecule has 2 rings (SSSR count). The highest BCUT2D eigenvalue weighted by molar-refractivity contribution is 5.99. The molecule has 2 heterocycles. The van der Waals surface area contributed by atoms with E-state index in [1.807, 2.05) is 0 Å². The number of likely N-dealkylation sites (tertiary alicyclic amines) is 1. The highest BCUT2D eigenvalue weighted by atomic mass is 16.6. The van der Waals surface area contributed by atoms with Gasteiger partial charge in [0.1, 0.15) is 12.0 Å². The number of nitrogens with zero attached hydrogens (tertiary/aromatic N) is 3. The smallest absolute Gasteiger partial charge is 0.288 e. The van der Waals surface area contributed by atoms with E-state index < -0.39 is 4.92 Å². The van der Waals surface area contributed by atoms with Crippen molar-refractivity contribution < 1.29 is 9.72 Å². The van der Waals surface area contributed by atoms with Gasteiger partial charge in [0, 0.05) is 26.2 Å². The molecule has 1 fully saturated rings. The molecule has 7 nitrogen and oxygen atoms in total. The van der Waals surface area contributed by atoms with Crippen LogP contribution in [0.4, 0.5) is 11.5 Å². The number of carbonyl (C=O) groups excluding carboxylic acids is 1. The van der Waals surface area contributed by atoms with Crippen molar-refractivity contribution in [2.75, 3.05) is 25.5 Å². The fourth-order valence-electron chi connectivity index (χ4n) is 2.30. The maximum atomic E-state index is 12.5. The Kier molecular flexibility index (Phi) is 4.16. The largest absolute Gasteiger partial charge is 0.372 e. The van der Waals surface area contributed by atoms with Gasteiger partial charge in [0.05, 0.1) is 10.5 Å². The maximum Gasteiger partial charge on any atom is 0.288 e. The van der Waals surface area contributed by atoms with E-state index in [4.69, 9.17) is 0 Å². The maximum absolute atomic E-state index is 12.5. The van der Waals surface area contributed by atoms with Gasteiger partial charge in [-0.3, -0.25) is 14.9 Å². The lowest BCUT2D eigenvalue weighted by Gasteiger charge is -2.30. The average Bonchev–Trinajstić information content (AvgIpc) is 2.46. The van der Waals surface area contributed by atoms with Crippen LogP contribution in [0.15, 0.2) is 12.3 Å². The Morgan fingerprint density at radius 3 is 2.70 bits per heavy atom. The summed E-state index contributed by atoms with van der Waals surface area (Å²) in [6.07, 6.45) is 3.08. The molecular formula is C13H18N4O3. The minimum absolute atomic E-state index is 0.169. The summed E-state index contributed by atoms with van der Waals surface area (Å²) in [5.74, 6) is 0.794. The van der Waals surface area contributed by atoms with Gasteiger partial charge in [-0.15, -0.1) is 0 Å². The van der Waals surface area contributed by atoms with Crippen LogP contribution in [-0.4, -0.2) is 40.9 Å². The van der Waals surface area contributed by atoms with Crippen LogP contribution in [0.25, 0.3) is 0 Å². The molecule has 0 radical (unpaired) electrons. The predicted molar refractivity (Wildman–Crippen MR) is 74.7 cm³/mol. The molecule has 1 N–H and O–H groups in total. The van der Waals surface area contributed by atoms with Crippen molar-refractivity contribution in [1.82, 2.24) is 9.88 Å². The molecule has 0 atom stereocenters. The van der Waals surface area contributed by atoms with Gasteiger partial charge in [0.2, 0.25) is 0 Å². The lowest BCUT2D eigenvalue weighted by atomic mass is 9.98. The summed E-state index contributed by atoms with van der Waals surface area (Å²) in [7, 11) is 1.64. The number of carbonyl (C=O) groups is 1. The van der Waals surface area contributed by atoms with Crippen LogP contribution in [-0.2, 0) is 0 Å². The number of anilines is 1. The standard InChI is InChI=1S/C13H18N4O3/c1-9-3-5-16(6-4-9)13(18)11-7-10(17(19)20)8-15-12(11)14-2/h7-9H,3-6H2,1-2H3,(H,14,15). The predicted octanol–water partition coefficient (Wildman–Crippen LogP) is 1.90. The van der Waals surface area contributed by atoms with E-state index in [1.165, 1.54) is 6.07 Å². The fourth-order valence-corrected chi connectivity index (χ4v) is 2.30. The monoisotopic (exact) mass is 278 g/mol. The second-order valence-electron chi connectivity index (χ2n) is 5.07. The second kappa shape index (κ2) is 5.85. The van der Waals surface area contributed by atoms with E-state index in [9.17, 15) is 14.9 Å². The lowest BCUT2D eigenvalue weighted by Crippen LogP contribution is -2.38. The van der Waals surface area contributed by atoms with Crippen LogP contribution in [0.1, 0.15) is 30.1 Å². The zero-order valence-electron chi connectivity index (χ0n) is 11.6. The number of aromatic nitrogens is 1. The molecule has 1 aliphatic rings. The lowest BCUT2D eigenvalue weighted by molar-refractivity contribution is -0.385. The third-order valence-corrected chi connectivity index (χ3v) is 3.62. The molecule has 1 amide bonds. The third kappa shape index (κ3) is 2.87. The molecule has 0 unspecified atom stereocenters. The summed E-state index contributed by atoms with van der Waals surface area (Å²) in [6, 6.07) is 1.29. The first kappa shape index (κ1) is 14.2. The van der Waals surface area contributed by atoms with Crippen molar-refractivity contribution in [2.24, 2.45) is 5.92 Å². The van der Waals surface area contributed by atoms with Crippen LogP contribution >= 0.6 is 0 Å². The van der Waals surface area contributed by atoms with E-state index in [1.54, 1.807) is 11.9 Å². The first-order valence-electron chi connectivity index (χ1n) is 6.64. The molecule has 7 heteroatoms. The van der Waals surface area contributed by atoms with Gasteiger partial charge in [-0.1, -0.05) is 6.92 Å². The summed E-state index contributed by atoms with van der Waals surface area (Å²) < 4.78 is 0. The first-order chi connectivity index (χ1) is 9.52. The number of hydrogen-bond acceptors (Lipinski definition) is 5. The Morgan fingerprint density at radius 1 is 1.50 bits per heavy atom. The van der Waals surface area contributed by atoms with Gasteiger partial charge in [-0.05, 0) is 18.8 Å². The van der Waals surface area contributed by atoms with E-state index in [0.29, 0.717) is 24.8 Å². The Balaban J connectivity index is 2.27. The first-order valence-corrected chi connectivity index (χ1v) is 6.64. The zero-order chi connectivity index (χ0) is 14.7. The van der Waals surface area contributed by atoms with Crippen LogP contribution < -0.4 is 5.32 Å². The van der Waals surface area contributed by atoms with Gasteiger partial charge < -0.3 is 10.2 Å². The summed E-state index contributed by atoms with van der Waals surface area (Å²) in [4.78, 5) is 28.4. The van der Waals surface area contributed by atoms with Crippen molar-refractivity contribution in [3.05, 3.63) is 27.9 Å². The van der Waals surface area contributed by atoms with E-state index in [0.717, 1.165) is 19.0 Å². The van der Waals surface area contributed by atoms with Crippen molar-refractivity contribution in [2.45, 2.75) is 19.8 Å². The van der Waals surface area contributed by atoms with Crippen LogP contribution in [0.5, 0.6) is 0 Å². The molecule has 20 heavy (non-hydrogen) atoms. The molecular weight excluding hydrogens is 260 g/mol. The highest BCUT2D eigenvalue weighted by Gasteiger charge is 2.25. The van der Waals surface area contributed by atoms with E-state index in [2.05, 4.69) is 17.2 Å². The van der Waals surface area contributed by atoms with E-state index in [-0.39, 0.29) is 17.2 Å². The van der Waals surface area contributed by atoms with Gasteiger partial charge in [0.25, 0.3) is 11.6 Å². The number of rotatable bonds is 3. The second-order valence-corrected chi connectivity index (χ2v) is 5.07. The quantitative estimate of drug-likeness (QED) is 0.674. The molecule has 1 aliphatic heterocycles. The summed E-state index contributed by atoms with van der Waals surface area (Å²) in [6.45, 7) is 3.54. The van der Waals surface area contributed by atoms with Crippen LogP contribution in [0.3, 0.4) is 0 Å². The minimum atomic E-state index is -0.540. The zero-order valence-corrected chi connectivity index (χ0v) is 11.6. The van der Waals surface area contributed by atoms with Crippen molar-refractivity contribution in [1.29, 1.82) is 0 Å². The Hall–Kier alpha value is -2.18. The number of piperidine rings is 1. The van der Waals surface area contributed by atoms with Crippen molar-refractivity contribution >= 4 is 17.4 Å². The molecule has 108 valence electrons. The topological polar surface area (TPSA) is 88.4 Å². The van der Waals surface area contributed by atoms with Gasteiger partial charge in [0.15, 0.2) is 0 Å². The fraction of sp³-hybridized carbons (Fsp3) is 0.538. The third-order valence-electron chi connectivity index (χ3n) is 3.62. The van der Waals surface area contributed by atoms with Crippen molar-refractivity contribution in [3.8, 4) is 0 Å². The Morgan fingerprint density at radius 2 is 2.15 bits per heavy atom. The SMILES string of the molecule is CNc1ncc([N+](=O)[O-])cc1C(=O)N1CCC(C)CC1. The molecule has 1 aromatic rings. The average molecular weight is 278 g/mol. The molecule has 0 aliphatic carbocycles. The number of nitrogens with one attached hydrogen (secondary N) is 1. The van der Waals surface area contributed by atoms with E-state index >= 15 is 0 Å². The molecule has 0 saturated carbocycles. The normalized spacial score (nSPS) is 16.0. The van der Waals surface area contributed by atoms with Crippen LogP contribution in [0.2, 0.25) is 0 Å². The summed E-state index contributed by atoms with van der Waals surface area (Å²) in [5.41, 5.74) is 0.0916. The Labute approximate surface area is 117 Å². The highest BCUT2D eigenvalue weighted by Crippen LogP contribution is 2.23. The molecule has 0 bridgehead atoms. The minimum Gasteiger partial charge on any atom is -0.372 e.